The molecule has 1 aromatic heterocycles. The number of aliphatic hydroxyl groups is 1. The fourth-order valence-corrected chi connectivity index (χ4v) is 4.02. The van der Waals surface area contributed by atoms with Crippen LogP contribution in [0.4, 0.5) is 0 Å². The molecule has 1 heterocycles. The minimum atomic E-state index is -3.87. The SMILES string of the molecule is CC(CCn1cnc2cc(C#CC#C[C@H]3C[C@@H]3CO)ccc2c1=O)(C(=O)NO)S(C)(=O)=O. The van der Waals surface area contributed by atoms with Gasteiger partial charge in [0.1, 0.15) is 0 Å². The van der Waals surface area contributed by atoms with E-state index in [1.807, 2.05) is 0 Å². The highest BCUT2D eigenvalue weighted by atomic mass is 32.2. The lowest BCUT2D eigenvalue weighted by atomic mass is 10.1. The number of nitrogens with one attached hydrogen (secondary N) is 1. The molecule has 1 aliphatic carbocycles. The summed E-state index contributed by atoms with van der Waals surface area (Å²) < 4.78 is 23.5. The Bertz CT molecular complexity index is 1340. The summed E-state index contributed by atoms with van der Waals surface area (Å²) in [6.07, 6.45) is 2.84. The van der Waals surface area contributed by atoms with Gasteiger partial charge in [0.15, 0.2) is 14.6 Å². The monoisotopic (exact) mass is 457 g/mol. The number of nitrogens with zero attached hydrogens (tertiary/aromatic N) is 2. The van der Waals surface area contributed by atoms with Crippen LogP contribution < -0.4 is 11.0 Å². The lowest BCUT2D eigenvalue weighted by molar-refractivity contribution is -0.131. The van der Waals surface area contributed by atoms with Crippen LogP contribution in [0.1, 0.15) is 25.3 Å². The quantitative estimate of drug-likeness (QED) is 0.317. The van der Waals surface area contributed by atoms with Crippen molar-refractivity contribution in [1.29, 1.82) is 0 Å². The molecular formula is C22H23N3O6S. The number of rotatable bonds is 6. The molecule has 1 amide bonds. The Morgan fingerprint density at radius 2 is 2.12 bits per heavy atom. The van der Waals surface area contributed by atoms with Crippen molar-refractivity contribution in [2.24, 2.45) is 11.8 Å². The zero-order chi connectivity index (χ0) is 23.5. The van der Waals surface area contributed by atoms with Crippen molar-refractivity contribution in [3.63, 3.8) is 0 Å². The number of carbonyl (C=O) groups excluding carboxylic acids is 1. The molecular weight excluding hydrogens is 434 g/mol. The number of benzene rings is 1. The standard InChI is InChI=1S/C22H23N3O6S/c1-22(21(28)24-29,32(2,30)31)9-10-25-14-23-19-11-15(7-8-18(19)20(25)27)5-3-4-6-16-12-17(16)13-26/h7-8,11,14,16-17,26,29H,9-10,12-13H2,1-2H3,(H,24,28)/t16-,17+,22?/m0/s1. The molecule has 9 nitrogen and oxygen atoms in total. The predicted octanol–water partition coefficient (Wildman–Crippen LogP) is 0.0786. The van der Waals surface area contributed by atoms with Crippen molar-refractivity contribution < 1.29 is 23.5 Å². The average molecular weight is 458 g/mol. The number of fused-ring (bicyclic) bond motifs is 1. The van der Waals surface area contributed by atoms with Gasteiger partial charge < -0.3 is 5.11 Å². The van der Waals surface area contributed by atoms with Gasteiger partial charge in [-0.25, -0.2) is 18.9 Å². The van der Waals surface area contributed by atoms with Crippen LogP contribution in [0.5, 0.6) is 0 Å². The van der Waals surface area contributed by atoms with Crippen LogP contribution >= 0.6 is 0 Å². The predicted molar refractivity (Wildman–Crippen MR) is 117 cm³/mol. The van der Waals surface area contributed by atoms with Gasteiger partial charge in [-0.2, -0.15) is 0 Å². The summed E-state index contributed by atoms with van der Waals surface area (Å²) in [4.78, 5) is 29.0. The fourth-order valence-electron chi connectivity index (χ4n) is 3.17. The van der Waals surface area contributed by atoms with Crippen LogP contribution in [0.3, 0.4) is 0 Å². The van der Waals surface area contributed by atoms with Crippen molar-refractivity contribution in [3.8, 4) is 23.7 Å². The van der Waals surface area contributed by atoms with Gasteiger partial charge in [-0.1, -0.05) is 11.8 Å². The van der Waals surface area contributed by atoms with Gasteiger partial charge in [0.25, 0.3) is 11.5 Å². The molecule has 0 radical (unpaired) electrons. The molecule has 0 aliphatic heterocycles. The van der Waals surface area contributed by atoms with Crippen LogP contribution in [0.15, 0.2) is 29.3 Å². The molecule has 3 atom stereocenters. The molecule has 0 bridgehead atoms. The van der Waals surface area contributed by atoms with Gasteiger partial charge in [0.05, 0.1) is 17.2 Å². The molecule has 1 aromatic carbocycles. The number of aliphatic hydroxyl groups excluding tert-OH is 1. The van der Waals surface area contributed by atoms with Crippen LogP contribution in [0.25, 0.3) is 10.9 Å². The summed E-state index contributed by atoms with van der Waals surface area (Å²) in [5.74, 6) is 10.8. The Morgan fingerprint density at radius 3 is 2.75 bits per heavy atom. The summed E-state index contributed by atoms with van der Waals surface area (Å²) >= 11 is 0. The number of sulfone groups is 1. The molecule has 1 unspecified atom stereocenters. The smallest absolute Gasteiger partial charge is 0.264 e. The molecule has 168 valence electrons. The van der Waals surface area contributed by atoms with Crippen molar-refractivity contribution >= 4 is 26.6 Å². The summed E-state index contributed by atoms with van der Waals surface area (Å²) in [6, 6.07) is 4.90. The van der Waals surface area contributed by atoms with Crippen molar-refractivity contribution in [3.05, 3.63) is 40.4 Å². The van der Waals surface area contributed by atoms with Crippen molar-refractivity contribution in [2.75, 3.05) is 12.9 Å². The third kappa shape index (κ3) is 4.83. The van der Waals surface area contributed by atoms with Crippen molar-refractivity contribution in [2.45, 2.75) is 31.1 Å². The Labute approximate surface area is 185 Å². The molecule has 1 aliphatic rings. The van der Waals surface area contributed by atoms with E-state index in [0.717, 1.165) is 12.7 Å². The number of aryl methyl sites for hydroxylation is 1. The van der Waals surface area contributed by atoms with Gasteiger partial charge in [0.2, 0.25) is 0 Å². The van der Waals surface area contributed by atoms with Crippen molar-refractivity contribution in [1.82, 2.24) is 15.0 Å². The molecule has 10 heteroatoms. The Hall–Kier alpha value is -3.18. The fraction of sp³-hybridized carbons (Fsp3) is 0.409. The molecule has 0 spiro atoms. The molecule has 1 saturated carbocycles. The molecule has 3 rings (SSSR count). The number of hydroxylamine groups is 1. The van der Waals surface area contributed by atoms with E-state index >= 15 is 0 Å². The maximum atomic E-state index is 12.8. The van der Waals surface area contributed by atoms with E-state index in [1.165, 1.54) is 23.3 Å². The first kappa shape index (κ1) is 23.5. The van der Waals surface area contributed by atoms with Crippen LogP contribution in [-0.2, 0) is 21.2 Å². The average Bonchev–Trinajstić information content (AvgIpc) is 3.53. The summed E-state index contributed by atoms with van der Waals surface area (Å²) in [7, 11) is -3.87. The Kier molecular flexibility index (Phi) is 6.70. The lowest BCUT2D eigenvalue weighted by Crippen LogP contribution is -2.50. The van der Waals surface area contributed by atoms with E-state index in [9.17, 15) is 18.0 Å². The highest BCUT2D eigenvalue weighted by molar-refractivity contribution is 7.92. The van der Waals surface area contributed by atoms with Gasteiger partial charge in [0, 0.05) is 30.9 Å². The second-order valence-corrected chi connectivity index (χ2v) is 10.4. The number of hydrogen-bond donors (Lipinski definition) is 3. The third-order valence-electron chi connectivity index (χ3n) is 5.74. The number of carbonyl (C=O) groups is 1. The highest BCUT2D eigenvalue weighted by Gasteiger charge is 2.43. The number of amides is 1. The van der Waals surface area contributed by atoms with Crippen LogP contribution in [0.2, 0.25) is 0 Å². The van der Waals surface area contributed by atoms with E-state index in [-0.39, 0.29) is 31.4 Å². The molecule has 1 fully saturated rings. The molecule has 2 aromatic rings. The minimum Gasteiger partial charge on any atom is -0.396 e. The van der Waals surface area contributed by atoms with E-state index < -0.39 is 26.1 Å². The van der Waals surface area contributed by atoms with Crippen LogP contribution in [0, 0.1) is 35.5 Å². The van der Waals surface area contributed by atoms with E-state index in [1.54, 1.807) is 18.2 Å². The maximum Gasteiger partial charge on any atom is 0.264 e. The van der Waals surface area contributed by atoms with E-state index in [0.29, 0.717) is 16.5 Å². The number of aromatic nitrogens is 2. The van der Waals surface area contributed by atoms with Gasteiger partial charge in [-0.15, -0.1) is 0 Å². The molecule has 0 saturated heterocycles. The zero-order valence-corrected chi connectivity index (χ0v) is 18.4. The second kappa shape index (κ2) is 9.13. The first-order valence-corrected chi connectivity index (χ1v) is 11.8. The molecule has 3 N–H and O–H groups in total. The largest absolute Gasteiger partial charge is 0.396 e. The normalized spacial score (nSPS) is 19.1. The highest BCUT2D eigenvalue weighted by Crippen LogP contribution is 2.36. The minimum absolute atomic E-state index is 0.0914. The Balaban J connectivity index is 1.80. The zero-order valence-electron chi connectivity index (χ0n) is 17.6. The topological polar surface area (TPSA) is 139 Å². The van der Waals surface area contributed by atoms with Crippen LogP contribution in [-0.4, -0.2) is 51.8 Å². The van der Waals surface area contributed by atoms with Gasteiger partial charge >= 0.3 is 0 Å². The maximum absolute atomic E-state index is 12.8. The Morgan fingerprint density at radius 1 is 1.38 bits per heavy atom. The summed E-state index contributed by atoms with van der Waals surface area (Å²) in [5, 5.41) is 18.2. The second-order valence-electron chi connectivity index (χ2n) is 7.97. The van der Waals surface area contributed by atoms with E-state index in [4.69, 9.17) is 10.3 Å². The molecule has 32 heavy (non-hydrogen) atoms. The van der Waals surface area contributed by atoms with E-state index in [2.05, 4.69) is 28.7 Å². The van der Waals surface area contributed by atoms with Gasteiger partial charge in [-0.3, -0.25) is 19.4 Å². The summed E-state index contributed by atoms with van der Waals surface area (Å²) in [6.45, 7) is 1.24. The lowest BCUT2D eigenvalue weighted by Gasteiger charge is -2.25. The summed E-state index contributed by atoms with van der Waals surface area (Å²) in [5.41, 5.74) is 2.05. The first-order valence-electron chi connectivity index (χ1n) is 9.86. The third-order valence-corrected chi connectivity index (χ3v) is 7.77. The first-order chi connectivity index (χ1) is 15.1. The number of hydrogen-bond acceptors (Lipinski definition) is 7. The van der Waals surface area contributed by atoms with Gasteiger partial charge in [-0.05, 0) is 55.7 Å².